The van der Waals surface area contributed by atoms with E-state index in [-0.39, 0.29) is 0 Å². The minimum atomic E-state index is -0.642. The summed E-state index contributed by atoms with van der Waals surface area (Å²) < 4.78 is 0. The molecule has 0 aromatic rings. The molecule has 1 aliphatic rings. The number of hydrogen-bond donors (Lipinski definition) is 2. The van der Waals surface area contributed by atoms with Crippen LogP contribution in [0.2, 0.25) is 0 Å². The van der Waals surface area contributed by atoms with Crippen molar-refractivity contribution in [2.75, 3.05) is 13.6 Å². The fraction of sp³-hybridized carbons (Fsp3) is 0.900. The first-order valence-corrected chi connectivity index (χ1v) is 5.08. The Morgan fingerprint density at radius 2 is 1.85 bits per heavy atom. The molecule has 0 bridgehead atoms. The smallest absolute Gasteiger partial charge is 0.303 e. The molecule has 2 N–H and O–H groups in total. The van der Waals surface area contributed by atoms with Gasteiger partial charge in [-0.3, -0.25) is 4.79 Å². The number of carbonyl (C=O) groups is 1. The molecule has 0 aliphatic heterocycles. The van der Waals surface area contributed by atoms with Crippen LogP contribution >= 0.6 is 0 Å². The van der Waals surface area contributed by atoms with E-state index >= 15 is 0 Å². The molecule has 0 heterocycles. The molecule has 0 radical (unpaired) electrons. The van der Waals surface area contributed by atoms with Crippen LogP contribution in [-0.2, 0) is 4.79 Å². The van der Waals surface area contributed by atoms with Crippen molar-refractivity contribution in [1.82, 2.24) is 5.32 Å². The molecule has 3 heteroatoms. The zero-order valence-corrected chi connectivity index (χ0v) is 8.25. The summed E-state index contributed by atoms with van der Waals surface area (Å²) in [6, 6.07) is 0. The fourth-order valence-corrected chi connectivity index (χ4v) is 2.18. The van der Waals surface area contributed by atoms with Gasteiger partial charge in [0.2, 0.25) is 0 Å². The van der Waals surface area contributed by atoms with Crippen LogP contribution in [0.4, 0.5) is 0 Å². The Kier molecular flexibility index (Phi) is 4.22. The zero-order valence-electron chi connectivity index (χ0n) is 8.25. The highest BCUT2D eigenvalue weighted by molar-refractivity contribution is 5.67. The lowest BCUT2D eigenvalue weighted by atomic mass is 9.80. The second kappa shape index (κ2) is 5.22. The molecule has 76 valence electrons. The Balaban J connectivity index is 2.18. The highest BCUT2D eigenvalue weighted by Crippen LogP contribution is 2.30. The molecule has 3 nitrogen and oxygen atoms in total. The summed E-state index contributed by atoms with van der Waals surface area (Å²) in [5.74, 6) is 0.567. The third-order valence-corrected chi connectivity index (χ3v) is 2.92. The summed E-state index contributed by atoms with van der Waals surface area (Å²) >= 11 is 0. The van der Waals surface area contributed by atoms with Crippen molar-refractivity contribution < 1.29 is 9.90 Å². The SMILES string of the molecule is CNCC1CCC(CC(=O)O)CC1. The van der Waals surface area contributed by atoms with E-state index in [1.54, 1.807) is 0 Å². The minimum Gasteiger partial charge on any atom is -0.481 e. The number of nitrogens with one attached hydrogen (secondary N) is 1. The van der Waals surface area contributed by atoms with Gasteiger partial charge in [-0.15, -0.1) is 0 Å². The van der Waals surface area contributed by atoms with Gasteiger partial charge in [0, 0.05) is 6.42 Å². The normalized spacial score (nSPS) is 28.7. The van der Waals surface area contributed by atoms with E-state index in [0.29, 0.717) is 12.3 Å². The van der Waals surface area contributed by atoms with Gasteiger partial charge in [0.1, 0.15) is 0 Å². The summed E-state index contributed by atoms with van der Waals surface area (Å²) in [4.78, 5) is 10.5. The highest BCUT2D eigenvalue weighted by Gasteiger charge is 2.22. The molecule has 0 aromatic heterocycles. The molecule has 1 fully saturated rings. The summed E-state index contributed by atoms with van der Waals surface area (Å²) in [6.07, 6.45) is 4.95. The Bertz CT molecular complexity index is 162. The largest absolute Gasteiger partial charge is 0.481 e. The molecule has 0 unspecified atom stereocenters. The van der Waals surface area contributed by atoms with Crippen molar-refractivity contribution in [2.45, 2.75) is 32.1 Å². The van der Waals surface area contributed by atoms with Gasteiger partial charge >= 0.3 is 5.97 Å². The lowest BCUT2D eigenvalue weighted by Gasteiger charge is -2.27. The Morgan fingerprint density at radius 1 is 1.31 bits per heavy atom. The third kappa shape index (κ3) is 3.77. The van der Waals surface area contributed by atoms with Crippen LogP contribution in [0.15, 0.2) is 0 Å². The fourth-order valence-electron chi connectivity index (χ4n) is 2.18. The van der Waals surface area contributed by atoms with Crippen molar-refractivity contribution in [3.8, 4) is 0 Å². The van der Waals surface area contributed by atoms with Crippen molar-refractivity contribution in [2.24, 2.45) is 11.8 Å². The molecule has 0 atom stereocenters. The predicted octanol–water partition coefficient (Wildman–Crippen LogP) is 1.49. The minimum absolute atomic E-state index is 0.367. The maximum Gasteiger partial charge on any atom is 0.303 e. The van der Waals surface area contributed by atoms with E-state index in [9.17, 15) is 4.79 Å². The van der Waals surface area contributed by atoms with Crippen LogP contribution in [0.25, 0.3) is 0 Å². The average Bonchev–Trinajstić information content (AvgIpc) is 2.08. The molecule has 13 heavy (non-hydrogen) atoms. The average molecular weight is 185 g/mol. The molecule has 1 rings (SSSR count). The van der Waals surface area contributed by atoms with E-state index in [1.807, 2.05) is 7.05 Å². The zero-order chi connectivity index (χ0) is 9.68. The van der Waals surface area contributed by atoms with Crippen molar-refractivity contribution in [1.29, 1.82) is 0 Å². The first-order valence-electron chi connectivity index (χ1n) is 5.08. The Morgan fingerprint density at radius 3 is 2.31 bits per heavy atom. The summed E-state index contributed by atoms with van der Waals surface area (Å²) in [7, 11) is 1.98. The number of aliphatic carboxylic acids is 1. The molecule has 1 aliphatic carbocycles. The summed E-state index contributed by atoms with van der Waals surface area (Å²) in [5, 5.41) is 11.8. The number of carboxylic acid groups (broad SMARTS) is 1. The van der Waals surface area contributed by atoms with Gasteiger partial charge in [0.15, 0.2) is 0 Å². The van der Waals surface area contributed by atoms with Crippen LogP contribution in [-0.4, -0.2) is 24.7 Å². The van der Waals surface area contributed by atoms with Gasteiger partial charge in [-0.1, -0.05) is 0 Å². The van der Waals surface area contributed by atoms with E-state index in [1.165, 1.54) is 12.8 Å². The van der Waals surface area contributed by atoms with Crippen molar-refractivity contribution in [3.63, 3.8) is 0 Å². The standard InChI is InChI=1S/C10H19NO2/c1-11-7-9-4-2-8(3-5-9)6-10(12)13/h8-9,11H,2-7H2,1H3,(H,12,13). The molecule has 0 amide bonds. The van der Waals surface area contributed by atoms with Gasteiger partial charge in [-0.25, -0.2) is 0 Å². The van der Waals surface area contributed by atoms with Crippen molar-refractivity contribution >= 4 is 5.97 Å². The van der Waals surface area contributed by atoms with Crippen LogP contribution < -0.4 is 5.32 Å². The second-order valence-corrected chi connectivity index (χ2v) is 4.04. The van der Waals surface area contributed by atoms with E-state index in [4.69, 9.17) is 5.11 Å². The molecule has 0 aromatic carbocycles. The highest BCUT2D eigenvalue weighted by atomic mass is 16.4. The Hall–Kier alpha value is -0.570. The maximum absolute atomic E-state index is 10.5. The third-order valence-electron chi connectivity index (χ3n) is 2.92. The molecular formula is C10H19NO2. The van der Waals surface area contributed by atoms with Crippen LogP contribution in [0.3, 0.4) is 0 Å². The van der Waals surface area contributed by atoms with Crippen LogP contribution in [0.5, 0.6) is 0 Å². The topological polar surface area (TPSA) is 49.3 Å². The maximum atomic E-state index is 10.5. The molecule has 0 spiro atoms. The number of carboxylic acids is 1. The number of rotatable bonds is 4. The number of hydrogen-bond acceptors (Lipinski definition) is 2. The van der Waals surface area contributed by atoms with Gasteiger partial charge in [-0.05, 0) is 51.1 Å². The first-order chi connectivity index (χ1) is 6.22. The van der Waals surface area contributed by atoms with Crippen LogP contribution in [0, 0.1) is 11.8 Å². The monoisotopic (exact) mass is 185 g/mol. The summed E-state index contributed by atoms with van der Waals surface area (Å²) in [6.45, 7) is 1.08. The van der Waals surface area contributed by atoms with E-state index in [2.05, 4.69) is 5.32 Å². The lowest BCUT2D eigenvalue weighted by molar-refractivity contribution is -0.138. The van der Waals surface area contributed by atoms with E-state index < -0.39 is 5.97 Å². The van der Waals surface area contributed by atoms with Gasteiger partial charge < -0.3 is 10.4 Å². The van der Waals surface area contributed by atoms with Crippen molar-refractivity contribution in [3.05, 3.63) is 0 Å². The molecule has 1 saturated carbocycles. The van der Waals surface area contributed by atoms with Gasteiger partial charge in [0.25, 0.3) is 0 Å². The molecular weight excluding hydrogens is 166 g/mol. The molecule has 0 saturated heterocycles. The summed E-state index contributed by atoms with van der Waals surface area (Å²) in [5.41, 5.74) is 0. The first kappa shape index (κ1) is 10.5. The quantitative estimate of drug-likeness (QED) is 0.697. The second-order valence-electron chi connectivity index (χ2n) is 4.04. The van der Waals surface area contributed by atoms with Gasteiger partial charge in [-0.2, -0.15) is 0 Å². The van der Waals surface area contributed by atoms with Crippen LogP contribution in [0.1, 0.15) is 32.1 Å². The predicted molar refractivity (Wildman–Crippen MR) is 51.6 cm³/mol. The lowest BCUT2D eigenvalue weighted by Crippen LogP contribution is -2.24. The van der Waals surface area contributed by atoms with Gasteiger partial charge in [0.05, 0.1) is 0 Å². The Labute approximate surface area is 79.5 Å². The van der Waals surface area contributed by atoms with E-state index in [0.717, 1.165) is 25.3 Å².